The van der Waals surface area contributed by atoms with E-state index in [9.17, 15) is 4.79 Å². The molecule has 2 aliphatic rings. The molecule has 2 aromatic rings. The summed E-state index contributed by atoms with van der Waals surface area (Å²) in [7, 11) is 2.12. The van der Waals surface area contributed by atoms with E-state index in [1.807, 2.05) is 0 Å². The van der Waals surface area contributed by atoms with Gasteiger partial charge < -0.3 is 4.90 Å². The van der Waals surface area contributed by atoms with Gasteiger partial charge in [-0.25, -0.2) is 0 Å². The van der Waals surface area contributed by atoms with Crippen LogP contribution in [0.25, 0.3) is 0 Å². The van der Waals surface area contributed by atoms with E-state index in [0.717, 1.165) is 45.2 Å². The minimum atomic E-state index is 0.0425. The van der Waals surface area contributed by atoms with E-state index in [0.29, 0.717) is 17.9 Å². The molecule has 2 fully saturated rings. The van der Waals surface area contributed by atoms with Crippen LogP contribution in [0.2, 0.25) is 0 Å². The molecule has 0 spiro atoms. The first-order valence-electron chi connectivity index (χ1n) is 10.3. The Balaban J connectivity index is 1.32. The number of likely N-dealkylation sites (tertiary alicyclic amines) is 2. The van der Waals surface area contributed by atoms with Gasteiger partial charge in [0.05, 0.1) is 6.04 Å². The highest BCUT2D eigenvalue weighted by Crippen LogP contribution is 2.35. The normalized spacial score (nSPS) is 24.3. The zero-order chi connectivity index (χ0) is 18.6. The van der Waals surface area contributed by atoms with Crippen LogP contribution in [0.15, 0.2) is 60.7 Å². The van der Waals surface area contributed by atoms with E-state index >= 15 is 0 Å². The van der Waals surface area contributed by atoms with Crippen LogP contribution < -0.4 is 0 Å². The third kappa shape index (κ3) is 4.08. The quantitative estimate of drug-likeness (QED) is 0.809. The molecule has 2 heterocycles. The van der Waals surface area contributed by atoms with Crippen molar-refractivity contribution >= 4 is 5.91 Å². The van der Waals surface area contributed by atoms with Crippen molar-refractivity contribution in [1.82, 2.24) is 9.80 Å². The SMILES string of the molecule is CN1[C@@H](C(=O)N2CCC(Cc3ccccc3)CC2)CC[C@H]1c1ccccc1. The van der Waals surface area contributed by atoms with Gasteiger partial charge in [0.25, 0.3) is 0 Å². The highest BCUT2D eigenvalue weighted by Gasteiger charge is 2.38. The molecule has 0 bridgehead atoms. The molecule has 2 aromatic carbocycles. The number of rotatable bonds is 4. The number of amides is 1. The summed E-state index contributed by atoms with van der Waals surface area (Å²) in [5, 5.41) is 0. The van der Waals surface area contributed by atoms with Gasteiger partial charge in [-0.05, 0) is 56.2 Å². The molecule has 0 saturated carbocycles. The first kappa shape index (κ1) is 18.2. The summed E-state index contributed by atoms with van der Waals surface area (Å²) in [6, 6.07) is 21.8. The summed E-state index contributed by atoms with van der Waals surface area (Å²) in [5.74, 6) is 1.05. The van der Waals surface area contributed by atoms with Crippen LogP contribution >= 0.6 is 0 Å². The fourth-order valence-corrected chi connectivity index (χ4v) is 4.83. The molecule has 0 unspecified atom stereocenters. The standard InChI is InChI=1S/C24H30N2O/c1-25-22(21-10-6-3-7-11-21)12-13-23(25)24(27)26-16-14-20(15-17-26)18-19-8-4-2-5-9-19/h2-11,20,22-23H,12-18H2,1H3/t22-,23+/m0/s1. The minimum Gasteiger partial charge on any atom is -0.341 e. The summed E-state index contributed by atoms with van der Waals surface area (Å²) in [5.41, 5.74) is 2.75. The van der Waals surface area contributed by atoms with Crippen molar-refractivity contribution in [1.29, 1.82) is 0 Å². The molecule has 4 rings (SSSR count). The molecule has 0 radical (unpaired) electrons. The van der Waals surface area contributed by atoms with Crippen LogP contribution in [0.4, 0.5) is 0 Å². The number of hydrogen-bond acceptors (Lipinski definition) is 2. The van der Waals surface area contributed by atoms with Crippen LogP contribution in [-0.4, -0.2) is 41.9 Å². The first-order valence-corrected chi connectivity index (χ1v) is 10.3. The number of likely N-dealkylation sites (N-methyl/N-ethyl adjacent to an activating group) is 1. The molecule has 2 atom stereocenters. The molecular formula is C24H30N2O. The molecule has 0 aromatic heterocycles. The molecule has 3 heteroatoms. The molecule has 1 amide bonds. The van der Waals surface area contributed by atoms with Crippen LogP contribution in [0, 0.1) is 5.92 Å². The van der Waals surface area contributed by atoms with Gasteiger partial charge in [-0.2, -0.15) is 0 Å². The topological polar surface area (TPSA) is 23.6 Å². The molecular weight excluding hydrogens is 332 g/mol. The fraction of sp³-hybridized carbons (Fsp3) is 0.458. The van der Waals surface area contributed by atoms with Crippen molar-refractivity contribution in [2.24, 2.45) is 5.92 Å². The third-order valence-electron chi connectivity index (χ3n) is 6.46. The van der Waals surface area contributed by atoms with Gasteiger partial charge in [-0.1, -0.05) is 60.7 Å². The summed E-state index contributed by atoms with van der Waals surface area (Å²) in [6.07, 6.45) is 5.43. The Morgan fingerprint density at radius 2 is 1.52 bits per heavy atom. The second-order valence-electron chi connectivity index (χ2n) is 8.14. The Kier molecular flexibility index (Phi) is 5.58. The second kappa shape index (κ2) is 8.26. The molecule has 2 saturated heterocycles. The highest BCUT2D eigenvalue weighted by atomic mass is 16.2. The average Bonchev–Trinajstić information content (AvgIpc) is 3.11. The van der Waals surface area contributed by atoms with E-state index in [1.165, 1.54) is 11.1 Å². The van der Waals surface area contributed by atoms with Crippen LogP contribution in [0.3, 0.4) is 0 Å². The van der Waals surface area contributed by atoms with Crippen molar-refractivity contribution in [2.75, 3.05) is 20.1 Å². The number of carbonyl (C=O) groups excluding carboxylic acids is 1. The lowest BCUT2D eigenvalue weighted by atomic mass is 9.90. The smallest absolute Gasteiger partial charge is 0.239 e. The lowest BCUT2D eigenvalue weighted by Gasteiger charge is -2.35. The van der Waals surface area contributed by atoms with E-state index in [2.05, 4.69) is 77.5 Å². The second-order valence-corrected chi connectivity index (χ2v) is 8.14. The minimum absolute atomic E-state index is 0.0425. The number of benzene rings is 2. The Hall–Kier alpha value is -2.13. The van der Waals surface area contributed by atoms with E-state index in [-0.39, 0.29) is 6.04 Å². The van der Waals surface area contributed by atoms with Crippen molar-refractivity contribution in [3.8, 4) is 0 Å². The number of hydrogen-bond donors (Lipinski definition) is 0. The molecule has 27 heavy (non-hydrogen) atoms. The lowest BCUT2D eigenvalue weighted by molar-refractivity contribution is -0.137. The van der Waals surface area contributed by atoms with Gasteiger partial charge >= 0.3 is 0 Å². The summed E-state index contributed by atoms with van der Waals surface area (Å²) in [4.78, 5) is 17.6. The Bertz CT molecular complexity index is 737. The van der Waals surface area contributed by atoms with Crippen LogP contribution in [0.1, 0.15) is 42.9 Å². The maximum absolute atomic E-state index is 13.1. The largest absolute Gasteiger partial charge is 0.341 e. The number of nitrogens with zero attached hydrogens (tertiary/aromatic N) is 2. The van der Waals surface area contributed by atoms with Crippen molar-refractivity contribution < 1.29 is 4.79 Å². The average molecular weight is 363 g/mol. The highest BCUT2D eigenvalue weighted by molar-refractivity contribution is 5.82. The number of piperidine rings is 1. The zero-order valence-electron chi connectivity index (χ0n) is 16.3. The van der Waals surface area contributed by atoms with E-state index in [1.54, 1.807) is 0 Å². The zero-order valence-corrected chi connectivity index (χ0v) is 16.3. The molecule has 2 aliphatic heterocycles. The first-order chi connectivity index (χ1) is 13.2. The van der Waals surface area contributed by atoms with Crippen LogP contribution in [0.5, 0.6) is 0 Å². The van der Waals surface area contributed by atoms with E-state index < -0.39 is 0 Å². The van der Waals surface area contributed by atoms with Gasteiger partial charge in [-0.3, -0.25) is 9.69 Å². The van der Waals surface area contributed by atoms with Crippen LogP contribution in [-0.2, 0) is 11.2 Å². The molecule has 142 valence electrons. The van der Waals surface area contributed by atoms with Gasteiger partial charge in [0, 0.05) is 19.1 Å². The third-order valence-corrected chi connectivity index (χ3v) is 6.46. The Morgan fingerprint density at radius 3 is 2.19 bits per heavy atom. The molecule has 3 nitrogen and oxygen atoms in total. The summed E-state index contributed by atoms with van der Waals surface area (Å²) >= 11 is 0. The Labute approximate surface area is 163 Å². The number of carbonyl (C=O) groups is 1. The van der Waals surface area contributed by atoms with Gasteiger partial charge in [0.2, 0.25) is 5.91 Å². The fourth-order valence-electron chi connectivity index (χ4n) is 4.83. The van der Waals surface area contributed by atoms with Crippen molar-refractivity contribution in [3.05, 3.63) is 71.8 Å². The predicted molar refractivity (Wildman–Crippen MR) is 109 cm³/mol. The van der Waals surface area contributed by atoms with E-state index in [4.69, 9.17) is 0 Å². The predicted octanol–water partition coefficient (Wildman–Crippen LogP) is 4.30. The van der Waals surface area contributed by atoms with Gasteiger partial charge in [-0.15, -0.1) is 0 Å². The van der Waals surface area contributed by atoms with Gasteiger partial charge in [0.1, 0.15) is 0 Å². The molecule has 0 aliphatic carbocycles. The summed E-state index contributed by atoms with van der Waals surface area (Å²) < 4.78 is 0. The maximum Gasteiger partial charge on any atom is 0.239 e. The molecule has 0 N–H and O–H groups in total. The van der Waals surface area contributed by atoms with Crippen molar-refractivity contribution in [3.63, 3.8) is 0 Å². The lowest BCUT2D eigenvalue weighted by Crippen LogP contribution is -2.47. The Morgan fingerprint density at radius 1 is 0.889 bits per heavy atom. The monoisotopic (exact) mass is 362 g/mol. The van der Waals surface area contributed by atoms with Gasteiger partial charge in [0.15, 0.2) is 0 Å². The van der Waals surface area contributed by atoms with Crippen molar-refractivity contribution in [2.45, 2.75) is 44.2 Å². The summed E-state index contributed by atoms with van der Waals surface area (Å²) in [6.45, 7) is 1.83. The maximum atomic E-state index is 13.1.